The van der Waals surface area contributed by atoms with Crippen LogP contribution in [0.3, 0.4) is 0 Å². The fraction of sp³-hybridized carbons (Fsp3) is 0.333. The predicted octanol–water partition coefficient (Wildman–Crippen LogP) is 4.06. The Labute approximate surface area is 223 Å². The molecule has 4 aromatic rings. The average Bonchev–Trinajstić information content (AvgIpc) is 3.56. The van der Waals surface area contributed by atoms with Crippen LogP contribution in [0.1, 0.15) is 25.0 Å². The number of nitrogens with zero attached hydrogens (tertiary/aromatic N) is 6. The minimum Gasteiger partial charge on any atom is -0.382 e. The molecule has 0 amide bonds. The third-order valence-electron chi connectivity index (χ3n) is 6.22. The van der Waals surface area contributed by atoms with Gasteiger partial charge in [0.1, 0.15) is 59.8 Å². The van der Waals surface area contributed by atoms with Gasteiger partial charge < -0.3 is 10.2 Å². The molecule has 2 aromatic carbocycles. The summed E-state index contributed by atoms with van der Waals surface area (Å²) in [4.78, 5) is 7.70. The lowest BCUT2D eigenvalue weighted by Gasteiger charge is -2.37. The Balaban J connectivity index is 1.62. The van der Waals surface area contributed by atoms with E-state index >= 15 is 0 Å². The summed E-state index contributed by atoms with van der Waals surface area (Å²) < 4.78 is 59.6. The molecule has 4 rings (SSSR count). The van der Waals surface area contributed by atoms with Gasteiger partial charge in [-0.05, 0) is 26.0 Å². The summed E-state index contributed by atoms with van der Waals surface area (Å²) in [6.07, 6.45) is 5.23. The molecule has 8 nitrogen and oxygen atoms in total. The number of hydrogen-bond acceptors (Lipinski definition) is 8. The maximum atomic E-state index is 14.8. The Bertz CT molecular complexity index is 1260. The van der Waals surface area contributed by atoms with Crippen LogP contribution in [0.5, 0.6) is 0 Å². The van der Waals surface area contributed by atoms with Crippen molar-refractivity contribution in [1.82, 2.24) is 29.5 Å². The maximum Gasteiger partial charge on any atom is 0.137 e. The highest BCUT2D eigenvalue weighted by Crippen LogP contribution is 2.47. The molecule has 0 aliphatic heterocycles. The monoisotopic (exact) mass is 568 g/mol. The standard InChI is InChI=1S/C24H24F4N6O2S2/c1-15(23(35,9-33-13-29-11-31-33)19-5-3-17(25)7-21(19)27)37-38-16(2)24(36,10-34-14-30-12-32-34)20-6-4-18(26)8-22(20)28/h3-8,11-16,35-36H,9-10H2,1-2H3/t15-,16-,23-,24-/m1/s1. The lowest BCUT2D eigenvalue weighted by atomic mass is 9.90. The average molecular weight is 569 g/mol. The molecule has 38 heavy (non-hydrogen) atoms. The van der Waals surface area contributed by atoms with Crippen molar-refractivity contribution in [3.8, 4) is 0 Å². The molecule has 0 unspecified atom stereocenters. The van der Waals surface area contributed by atoms with Gasteiger partial charge in [0.15, 0.2) is 0 Å². The second-order valence-corrected chi connectivity index (χ2v) is 11.7. The van der Waals surface area contributed by atoms with Crippen LogP contribution in [0.4, 0.5) is 17.6 Å². The molecular weight excluding hydrogens is 544 g/mol. The smallest absolute Gasteiger partial charge is 0.137 e. The zero-order chi connectivity index (χ0) is 27.5. The van der Waals surface area contributed by atoms with Gasteiger partial charge in [-0.1, -0.05) is 33.7 Å². The Morgan fingerprint density at radius 2 is 1.13 bits per heavy atom. The fourth-order valence-corrected chi connectivity index (χ4v) is 7.00. The van der Waals surface area contributed by atoms with E-state index < -0.39 is 45.0 Å². The molecule has 202 valence electrons. The van der Waals surface area contributed by atoms with E-state index in [2.05, 4.69) is 20.2 Å². The first-order valence-corrected chi connectivity index (χ1v) is 13.6. The molecule has 0 fully saturated rings. The van der Waals surface area contributed by atoms with Gasteiger partial charge in [-0.15, -0.1) is 0 Å². The van der Waals surface area contributed by atoms with Crippen molar-refractivity contribution < 1.29 is 27.8 Å². The summed E-state index contributed by atoms with van der Waals surface area (Å²) in [6.45, 7) is 2.88. The molecular formula is C24H24F4N6O2S2. The molecule has 0 aliphatic rings. The van der Waals surface area contributed by atoms with E-state index in [1.165, 1.54) is 46.8 Å². The minimum absolute atomic E-state index is 0.148. The van der Waals surface area contributed by atoms with Crippen molar-refractivity contribution >= 4 is 21.6 Å². The molecule has 0 radical (unpaired) electrons. The van der Waals surface area contributed by atoms with Crippen molar-refractivity contribution in [3.05, 3.63) is 96.1 Å². The van der Waals surface area contributed by atoms with Crippen molar-refractivity contribution in [2.45, 2.75) is 48.6 Å². The van der Waals surface area contributed by atoms with E-state index in [9.17, 15) is 27.8 Å². The molecule has 0 saturated carbocycles. The fourth-order valence-electron chi connectivity index (χ4n) is 4.00. The molecule has 0 saturated heterocycles. The Hall–Kier alpha value is -2.94. The largest absolute Gasteiger partial charge is 0.382 e. The molecule has 2 N–H and O–H groups in total. The van der Waals surface area contributed by atoms with Crippen LogP contribution < -0.4 is 0 Å². The second-order valence-electron chi connectivity index (χ2n) is 8.76. The summed E-state index contributed by atoms with van der Waals surface area (Å²) in [6, 6.07) is 5.80. The highest BCUT2D eigenvalue weighted by atomic mass is 33.1. The van der Waals surface area contributed by atoms with Crippen LogP contribution in [0.25, 0.3) is 0 Å². The van der Waals surface area contributed by atoms with Crippen molar-refractivity contribution in [2.75, 3.05) is 0 Å². The Morgan fingerprint density at radius 1 is 0.737 bits per heavy atom. The van der Waals surface area contributed by atoms with E-state index in [4.69, 9.17) is 0 Å². The predicted molar refractivity (Wildman–Crippen MR) is 135 cm³/mol. The van der Waals surface area contributed by atoms with Crippen LogP contribution in [-0.2, 0) is 24.3 Å². The first kappa shape index (κ1) is 28.1. The van der Waals surface area contributed by atoms with Crippen LogP contribution in [0, 0.1) is 23.3 Å². The summed E-state index contributed by atoms with van der Waals surface area (Å²) in [5.41, 5.74) is -4.06. The third-order valence-corrected chi connectivity index (χ3v) is 9.76. The first-order valence-electron chi connectivity index (χ1n) is 11.4. The van der Waals surface area contributed by atoms with Crippen molar-refractivity contribution in [3.63, 3.8) is 0 Å². The zero-order valence-corrected chi connectivity index (χ0v) is 21.9. The van der Waals surface area contributed by atoms with E-state index in [0.29, 0.717) is 12.1 Å². The molecule has 2 aromatic heterocycles. The summed E-state index contributed by atoms with van der Waals surface area (Å²) in [7, 11) is 2.21. The normalized spacial score (nSPS) is 16.5. The second kappa shape index (κ2) is 11.4. The third kappa shape index (κ3) is 5.87. The van der Waals surface area contributed by atoms with E-state index in [-0.39, 0.29) is 24.2 Å². The summed E-state index contributed by atoms with van der Waals surface area (Å²) in [5.74, 6) is -3.46. The Morgan fingerprint density at radius 3 is 1.45 bits per heavy atom. The molecule has 0 aliphatic carbocycles. The number of halogens is 4. The van der Waals surface area contributed by atoms with Gasteiger partial charge in [0.05, 0.1) is 13.1 Å². The topological polar surface area (TPSA) is 102 Å². The molecule has 0 bridgehead atoms. The van der Waals surface area contributed by atoms with Gasteiger partial charge in [0, 0.05) is 33.8 Å². The summed E-state index contributed by atoms with van der Waals surface area (Å²) in [5, 5.41) is 30.0. The first-order chi connectivity index (χ1) is 18.0. The number of aromatic nitrogens is 6. The van der Waals surface area contributed by atoms with Gasteiger partial charge in [0.25, 0.3) is 0 Å². The van der Waals surface area contributed by atoms with E-state index in [1.807, 2.05) is 0 Å². The quantitative estimate of drug-likeness (QED) is 0.206. The molecule has 0 spiro atoms. The van der Waals surface area contributed by atoms with Crippen LogP contribution >= 0.6 is 21.6 Å². The van der Waals surface area contributed by atoms with Crippen LogP contribution in [-0.4, -0.2) is 50.2 Å². The van der Waals surface area contributed by atoms with Gasteiger partial charge in [0.2, 0.25) is 0 Å². The van der Waals surface area contributed by atoms with Gasteiger partial charge in [-0.2, -0.15) is 10.2 Å². The minimum atomic E-state index is -1.88. The lowest BCUT2D eigenvalue weighted by molar-refractivity contribution is 0.0122. The zero-order valence-electron chi connectivity index (χ0n) is 20.2. The van der Waals surface area contributed by atoms with E-state index in [0.717, 1.165) is 33.7 Å². The van der Waals surface area contributed by atoms with Crippen LogP contribution in [0.15, 0.2) is 61.7 Å². The van der Waals surface area contributed by atoms with Crippen molar-refractivity contribution in [1.29, 1.82) is 0 Å². The highest BCUT2D eigenvalue weighted by Gasteiger charge is 2.43. The highest BCUT2D eigenvalue weighted by molar-refractivity contribution is 8.77. The van der Waals surface area contributed by atoms with Gasteiger partial charge in [-0.3, -0.25) is 0 Å². The lowest BCUT2D eigenvalue weighted by Crippen LogP contribution is -2.43. The van der Waals surface area contributed by atoms with Crippen LogP contribution in [0.2, 0.25) is 0 Å². The molecule has 4 atom stereocenters. The Kier molecular flexibility index (Phi) is 8.45. The number of rotatable bonds is 11. The maximum absolute atomic E-state index is 14.8. The molecule has 14 heteroatoms. The number of hydrogen-bond donors (Lipinski definition) is 2. The van der Waals surface area contributed by atoms with Gasteiger partial charge in [-0.25, -0.2) is 36.9 Å². The molecule has 2 heterocycles. The SMILES string of the molecule is C[C@@H](SS[C@H](C)[C@](O)(Cn1cncn1)c1ccc(F)cc1F)[C@](O)(Cn1cncn1)c1ccc(F)cc1F. The number of aliphatic hydroxyl groups is 2. The number of benzene rings is 2. The van der Waals surface area contributed by atoms with Crippen molar-refractivity contribution in [2.24, 2.45) is 0 Å². The summed E-state index contributed by atoms with van der Waals surface area (Å²) >= 11 is 0. The van der Waals surface area contributed by atoms with Gasteiger partial charge >= 0.3 is 0 Å². The van der Waals surface area contributed by atoms with E-state index in [1.54, 1.807) is 13.8 Å².